The molecule has 2 aromatic carbocycles. The van der Waals surface area contributed by atoms with Gasteiger partial charge in [0.2, 0.25) is 0 Å². The molecule has 0 radical (unpaired) electrons. The van der Waals surface area contributed by atoms with Crippen molar-refractivity contribution in [3.8, 4) is 17.2 Å². The Hall–Kier alpha value is -1.74. The van der Waals surface area contributed by atoms with Crippen molar-refractivity contribution >= 4 is 40.0 Å². The summed E-state index contributed by atoms with van der Waals surface area (Å²) in [5, 5.41) is 0.229. The van der Waals surface area contributed by atoms with Gasteiger partial charge in [-0.15, -0.1) is 12.4 Å². The number of esters is 1. The largest absolute Gasteiger partial charge is 0.457 e. The molecule has 3 rings (SSSR count). The summed E-state index contributed by atoms with van der Waals surface area (Å²) in [5.74, 6) is 2.01. The van der Waals surface area contributed by atoms with Gasteiger partial charge in [0.25, 0.3) is 0 Å². The lowest BCUT2D eigenvalue weighted by molar-refractivity contribution is -0.132. The van der Waals surface area contributed by atoms with Gasteiger partial charge < -0.3 is 15.2 Å². The van der Waals surface area contributed by atoms with E-state index in [2.05, 4.69) is 0 Å². The van der Waals surface area contributed by atoms with Crippen molar-refractivity contribution in [2.24, 2.45) is 5.73 Å². The Bertz CT molecular complexity index is 850. The van der Waals surface area contributed by atoms with Crippen LogP contribution >= 0.6 is 24.2 Å². The highest BCUT2D eigenvalue weighted by Crippen LogP contribution is 2.33. The minimum atomic E-state index is -3.24. The van der Waals surface area contributed by atoms with E-state index in [1.54, 1.807) is 60.3 Å². The topological polar surface area (TPSA) is 95.7 Å². The highest BCUT2D eigenvalue weighted by molar-refractivity contribution is 8.08. The molecule has 1 heterocycles. The summed E-state index contributed by atoms with van der Waals surface area (Å²) in [4.78, 5) is 11.4. The van der Waals surface area contributed by atoms with Crippen molar-refractivity contribution in [3.63, 3.8) is 0 Å². The first-order valence-electron chi connectivity index (χ1n) is 7.59. The normalized spacial score (nSPS) is 15.7. The summed E-state index contributed by atoms with van der Waals surface area (Å²) >= 11 is 1.66. The van der Waals surface area contributed by atoms with E-state index >= 15 is 0 Å². The highest BCUT2D eigenvalue weighted by Gasteiger charge is 2.29. The van der Waals surface area contributed by atoms with Gasteiger partial charge in [-0.05, 0) is 48.5 Å². The van der Waals surface area contributed by atoms with E-state index in [0.717, 1.165) is 5.75 Å². The quantitative estimate of drug-likeness (QED) is 0.422. The van der Waals surface area contributed by atoms with Crippen LogP contribution < -0.4 is 15.2 Å². The number of rotatable bonds is 7. The molecule has 26 heavy (non-hydrogen) atoms. The molecule has 1 fully saturated rings. The molecule has 1 saturated heterocycles. The van der Waals surface area contributed by atoms with Gasteiger partial charge in [-0.1, -0.05) is 0 Å². The van der Waals surface area contributed by atoms with E-state index in [1.807, 2.05) is 0 Å². The first-order valence-corrected chi connectivity index (χ1v) is 10.3. The predicted octanol–water partition coefficient (Wildman–Crippen LogP) is 2.65. The van der Waals surface area contributed by atoms with Crippen LogP contribution in [0.3, 0.4) is 0 Å². The van der Waals surface area contributed by atoms with Gasteiger partial charge in [0.1, 0.15) is 17.2 Å². The Kier molecular flexibility index (Phi) is 6.94. The fourth-order valence-electron chi connectivity index (χ4n) is 2.11. The molecule has 0 aromatic heterocycles. The molecular weight excluding hydrogens is 398 g/mol. The van der Waals surface area contributed by atoms with E-state index in [9.17, 15) is 13.2 Å². The first kappa shape index (κ1) is 20.6. The molecule has 1 atom stereocenters. The van der Waals surface area contributed by atoms with Gasteiger partial charge >= 0.3 is 5.97 Å². The second-order valence-electron chi connectivity index (χ2n) is 5.46. The first-order chi connectivity index (χ1) is 12.0. The zero-order valence-electron chi connectivity index (χ0n) is 13.7. The number of halogens is 1. The second-order valence-corrected chi connectivity index (χ2v) is 8.83. The van der Waals surface area contributed by atoms with Crippen LogP contribution in [-0.4, -0.2) is 37.7 Å². The molecule has 0 aliphatic carbocycles. The lowest BCUT2D eigenvalue weighted by atomic mass is 10.3. The van der Waals surface area contributed by atoms with Crippen LogP contribution in [0.5, 0.6) is 17.2 Å². The van der Waals surface area contributed by atoms with Gasteiger partial charge in [-0.25, -0.2) is 8.42 Å². The molecular formula is C17H18ClNO5S2. The predicted molar refractivity (Wildman–Crippen MR) is 103 cm³/mol. The number of benzene rings is 2. The van der Waals surface area contributed by atoms with Crippen LogP contribution in [0.1, 0.15) is 0 Å². The Balaban J connectivity index is 0.00000243. The lowest BCUT2D eigenvalue weighted by Crippen LogP contribution is -2.19. The molecule has 1 aliphatic rings. The molecule has 9 heteroatoms. The van der Waals surface area contributed by atoms with Crippen LogP contribution in [-0.2, 0) is 14.6 Å². The number of thioether (sulfide) groups is 1. The van der Waals surface area contributed by atoms with Crippen molar-refractivity contribution in [2.75, 3.05) is 18.1 Å². The monoisotopic (exact) mass is 415 g/mol. The van der Waals surface area contributed by atoms with Crippen molar-refractivity contribution in [1.29, 1.82) is 0 Å². The molecule has 0 amide bonds. The average Bonchev–Trinajstić information content (AvgIpc) is 3.40. The Labute approximate surface area is 162 Å². The fraction of sp³-hybridized carbons (Fsp3) is 0.235. The maximum Gasteiger partial charge on any atom is 0.325 e. The van der Waals surface area contributed by atoms with Crippen LogP contribution in [0.2, 0.25) is 0 Å². The minimum absolute atomic E-state index is 0. The zero-order chi connectivity index (χ0) is 17.9. The van der Waals surface area contributed by atoms with Crippen molar-refractivity contribution in [3.05, 3.63) is 48.5 Å². The number of nitrogens with two attached hydrogens (primary N) is 1. The average molecular weight is 416 g/mol. The molecule has 0 saturated carbocycles. The van der Waals surface area contributed by atoms with Crippen molar-refractivity contribution in [2.45, 2.75) is 10.1 Å². The smallest absolute Gasteiger partial charge is 0.325 e. The van der Waals surface area contributed by atoms with Crippen LogP contribution in [0.15, 0.2) is 53.4 Å². The lowest BCUT2D eigenvalue weighted by Gasteiger charge is -2.08. The highest BCUT2D eigenvalue weighted by atomic mass is 35.5. The summed E-state index contributed by atoms with van der Waals surface area (Å²) in [6, 6.07) is 12.8. The third-order valence-electron chi connectivity index (χ3n) is 3.45. The standard InChI is InChI=1S/C17H17NO5S2.ClH/c18-9-17(19)23-14-3-1-12(2-4-14)22-13-5-7-16(8-6-13)25(20,21)11-15-10-24-15;/h1-8,15H,9-11,18H2;1H. The molecule has 2 N–H and O–H groups in total. The summed E-state index contributed by atoms with van der Waals surface area (Å²) < 4.78 is 35.0. The van der Waals surface area contributed by atoms with Crippen LogP contribution in [0.4, 0.5) is 0 Å². The molecule has 6 nitrogen and oxygen atoms in total. The summed E-state index contributed by atoms with van der Waals surface area (Å²) in [6.07, 6.45) is 0. The summed E-state index contributed by atoms with van der Waals surface area (Å²) in [5.41, 5.74) is 5.18. The number of sulfone groups is 1. The SMILES string of the molecule is Cl.NCC(=O)Oc1ccc(Oc2ccc(S(=O)(=O)CC3CS3)cc2)cc1. The maximum absolute atomic E-state index is 12.2. The Morgan fingerprint density at radius 3 is 2.04 bits per heavy atom. The fourth-order valence-corrected chi connectivity index (χ4v) is 4.78. The summed E-state index contributed by atoms with van der Waals surface area (Å²) in [6.45, 7) is -0.188. The number of hydrogen-bond donors (Lipinski definition) is 1. The van der Waals surface area contributed by atoms with Crippen LogP contribution in [0.25, 0.3) is 0 Å². The van der Waals surface area contributed by atoms with E-state index in [1.165, 1.54) is 0 Å². The third-order valence-corrected chi connectivity index (χ3v) is 6.46. The molecule has 0 bridgehead atoms. The maximum atomic E-state index is 12.2. The number of ether oxygens (including phenoxy) is 2. The third kappa shape index (κ3) is 5.63. The van der Waals surface area contributed by atoms with Gasteiger partial charge in [-0.3, -0.25) is 4.79 Å². The van der Waals surface area contributed by atoms with Gasteiger partial charge in [0.05, 0.1) is 17.2 Å². The number of carbonyl (C=O) groups excluding carboxylic acids is 1. The van der Waals surface area contributed by atoms with E-state index in [4.69, 9.17) is 15.2 Å². The Morgan fingerprint density at radius 2 is 1.54 bits per heavy atom. The molecule has 1 aliphatic heterocycles. The van der Waals surface area contributed by atoms with E-state index < -0.39 is 15.8 Å². The van der Waals surface area contributed by atoms with E-state index in [-0.39, 0.29) is 30.0 Å². The van der Waals surface area contributed by atoms with Gasteiger partial charge in [0, 0.05) is 11.0 Å². The van der Waals surface area contributed by atoms with Crippen LogP contribution in [0, 0.1) is 0 Å². The van der Waals surface area contributed by atoms with Crippen molar-refractivity contribution in [1.82, 2.24) is 0 Å². The minimum Gasteiger partial charge on any atom is -0.457 e. The Morgan fingerprint density at radius 1 is 1.04 bits per heavy atom. The van der Waals surface area contributed by atoms with E-state index in [0.29, 0.717) is 22.1 Å². The summed E-state index contributed by atoms with van der Waals surface area (Å²) in [7, 11) is -3.24. The van der Waals surface area contributed by atoms with Gasteiger partial charge in [-0.2, -0.15) is 11.8 Å². The number of carbonyl (C=O) groups is 1. The molecule has 0 spiro atoms. The second kappa shape index (κ2) is 8.77. The van der Waals surface area contributed by atoms with Crippen molar-refractivity contribution < 1.29 is 22.7 Å². The number of hydrogen-bond acceptors (Lipinski definition) is 7. The van der Waals surface area contributed by atoms with Gasteiger partial charge in [0.15, 0.2) is 9.84 Å². The molecule has 140 valence electrons. The molecule has 1 unspecified atom stereocenters. The molecule has 2 aromatic rings. The zero-order valence-corrected chi connectivity index (χ0v) is 16.1.